The summed E-state index contributed by atoms with van der Waals surface area (Å²) in [6, 6.07) is 17.8. The molecule has 23 heavy (non-hydrogen) atoms. The molecule has 1 saturated heterocycles. The molecule has 1 heterocycles. The van der Waals surface area contributed by atoms with Gasteiger partial charge in [0.25, 0.3) is 5.91 Å². The summed E-state index contributed by atoms with van der Waals surface area (Å²) in [5, 5.41) is 0. The van der Waals surface area contributed by atoms with E-state index in [0.29, 0.717) is 11.3 Å². The highest BCUT2D eigenvalue weighted by Crippen LogP contribution is 2.34. The predicted octanol–water partition coefficient (Wildman–Crippen LogP) is 2.48. The molecule has 1 aliphatic rings. The van der Waals surface area contributed by atoms with Crippen LogP contribution in [0.15, 0.2) is 60.7 Å². The third kappa shape index (κ3) is 2.73. The SMILES string of the molecule is CC(=O)C1C(=O)OC(c2ccccc2)N(c2ccccc2)C1=O. The van der Waals surface area contributed by atoms with Gasteiger partial charge in [0, 0.05) is 11.3 Å². The molecule has 0 radical (unpaired) electrons. The maximum absolute atomic E-state index is 12.8. The summed E-state index contributed by atoms with van der Waals surface area (Å²) in [6.07, 6.45) is -0.880. The van der Waals surface area contributed by atoms with Crippen molar-refractivity contribution in [2.75, 3.05) is 4.90 Å². The van der Waals surface area contributed by atoms with Crippen molar-refractivity contribution in [3.63, 3.8) is 0 Å². The van der Waals surface area contributed by atoms with Crippen molar-refractivity contribution >= 4 is 23.3 Å². The number of carbonyl (C=O) groups excluding carboxylic acids is 3. The lowest BCUT2D eigenvalue weighted by Crippen LogP contribution is -2.51. The van der Waals surface area contributed by atoms with Gasteiger partial charge in [-0.1, -0.05) is 48.5 Å². The number of ketones is 1. The zero-order valence-corrected chi connectivity index (χ0v) is 12.5. The van der Waals surface area contributed by atoms with E-state index in [4.69, 9.17) is 4.74 Å². The molecule has 1 aliphatic heterocycles. The molecule has 5 heteroatoms. The van der Waals surface area contributed by atoms with Gasteiger partial charge in [0.05, 0.1) is 0 Å². The first-order valence-electron chi connectivity index (χ1n) is 7.23. The Labute approximate surface area is 133 Å². The Balaban J connectivity index is 2.09. The Kier molecular flexibility index (Phi) is 3.93. The molecule has 0 saturated carbocycles. The number of esters is 1. The topological polar surface area (TPSA) is 63.7 Å². The van der Waals surface area contributed by atoms with Gasteiger partial charge in [-0.3, -0.25) is 19.3 Å². The van der Waals surface area contributed by atoms with E-state index >= 15 is 0 Å². The molecule has 1 fully saturated rings. The Morgan fingerprint density at radius 3 is 2.09 bits per heavy atom. The van der Waals surface area contributed by atoms with Crippen LogP contribution >= 0.6 is 0 Å². The van der Waals surface area contributed by atoms with Crippen molar-refractivity contribution in [2.45, 2.75) is 13.2 Å². The fourth-order valence-electron chi connectivity index (χ4n) is 2.61. The summed E-state index contributed by atoms with van der Waals surface area (Å²) < 4.78 is 5.43. The number of hydrogen-bond acceptors (Lipinski definition) is 4. The van der Waals surface area contributed by atoms with Gasteiger partial charge < -0.3 is 4.74 Å². The minimum absolute atomic E-state index is 0.521. The Morgan fingerprint density at radius 1 is 0.957 bits per heavy atom. The fourth-order valence-corrected chi connectivity index (χ4v) is 2.61. The number of carbonyl (C=O) groups is 3. The van der Waals surface area contributed by atoms with E-state index in [1.54, 1.807) is 48.5 Å². The average Bonchev–Trinajstić information content (AvgIpc) is 2.55. The van der Waals surface area contributed by atoms with Crippen LogP contribution in [0.4, 0.5) is 5.69 Å². The van der Waals surface area contributed by atoms with E-state index in [9.17, 15) is 14.4 Å². The molecule has 5 nitrogen and oxygen atoms in total. The lowest BCUT2D eigenvalue weighted by Gasteiger charge is -2.37. The van der Waals surface area contributed by atoms with Crippen LogP contribution < -0.4 is 4.90 Å². The van der Waals surface area contributed by atoms with E-state index in [1.165, 1.54) is 11.8 Å². The standard InChI is InChI=1S/C18H15NO4/c1-12(20)15-16(21)19(14-10-6-3-7-11-14)17(23-18(15)22)13-8-4-2-5-9-13/h2-11,15,17H,1H3. The van der Waals surface area contributed by atoms with Gasteiger partial charge in [-0.15, -0.1) is 0 Å². The maximum atomic E-state index is 12.8. The number of ether oxygens (including phenoxy) is 1. The first-order valence-corrected chi connectivity index (χ1v) is 7.23. The van der Waals surface area contributed by atoms with Gasteiger partial charge in [-0.25, -0.2) is 0 Å². The number of rotatable bonds is 3. The van der Waals surface area contributed by atoms with E-state index in [2.05, 4.69) is 0 Å². The van der Waals surface area contributed by atoms with Gasteiger partial charge in [0.15, 0.2) is 11.7 Å². The molecule has 2 aromatic rings. The first kappa shape index (κ1) is 15.0. The molecule has 0 spiro atoms. The zero-order valence-electron chi connectivity index (χ0n) is 12.5. The van der Waals surface area contributed by atoms with Gasteiger partial charge in [-0.05, 0) is 19.1 Å². The number of anilines is 1. The maximum Gasteiger partial charge on any atom is 0.328 e. The Bertz CT molecular complexity index is 742. The number of amides is 1. The number of para-hydroxylation sites is 1. The highest BCUT2D eigenvalue weighted by atomic mass is 16.6. The van der Waals surface area contributed by atoms with Crippen LogP contribution in [0.1, 0.15) is 18.7 Å². The third-order valence-electron chi connectivity index (χ3n) is 3.71. The van der Waals surface area contributed by atoms with Crippen molar-refractivity contribution in [1.29, 1.82) is 0 Å². The van der Waals surface area contributed by atoms with Gasteiger partial charge >= 0.3 is 5.97 Å². The van der Waals surface area contributed by atoms with Crippen molar-refractivity contribution in [3.05, 3.63) is 66.2 Å². The molecule has 0 aromatic heterocycles. The van der Waals surface area contributed by atoms with Crippen molar-refractivity contribution in [2.24, 2.45) is 5.92 Å². The monoisotopic (exact) mass is 309 g/mol. The molecule has 2 atom stereocenters. The van der Waals surface area contributed by atoms with E-state index < -0.39 is 29.8 Å². The molecule has 1 amide bonds. The third-order valence-corrected chi connectivity index (χ3v) is 3.71. The highest BCUT2D eigenvalue weighted by Gasteiger charge is 2.46. The summed E-state index contributed by atoms with van der Waals surface area (Å²) in [4.78, 5) is 37.9. The molecule has 0 bridgehead atoms. The number of hydrogen-bond donors (Lipinski definition) is 0. The quantitative estimate of drug-likeness (QED) is 0.645. The van der Waals surface area contributed by atoms with Gasteiger partial charge in [0.1, 0.15) is 0 Å². The van der Waals surface area contributed by atoms with Crippen LogP contribution in [0.5, 0.6) is 0 Å². The summed E-state index contributed by atoms with van der Waals surface area (Å²) in [5.41, 5.74) is 1.24. The zero-order chi connectivity index (χ0) is 16.4. The van der Waals surface area contributed by atoms with Crippen LogP contribution in [-0.4, -0.2) is 17.7 Å². The summed E-state index contributed by atoms with van der Waals surface area (Å²) >= 11 is 0. The first-order chi connectivity index (χ1) is 11.1. The molecule has 0 N–H and O–H groups in total. The second kappa shape index (κ2) is 6.04. The van der Waals surface area contributed by atoms with Crippen LogP contribution in [0, 0.1) is 5.92 Å². The molecule has 116 valence electrons. The molecule has 2 unspecified atom stereocenters. The lowest BCUT2D eigenvalue weighted by atomic mass is 9.99. The minimum Gasteiger partial charge on any atom is -0.436 e. The van der Waals surface area contributed by atoms with E-state index in [1.807, 2.05) is 12.1 Å². The van der Waals surface area contributed by atoms with Crippen LogP contribution in [-0.2, 0) is 19.1 Å². The normalized spacial score (nSPS) is 21.0. The fraction of sp³-hybridized carbons (Fsp3) is 0.167. The highest BCUT2D eigenvalue weighted by molar-refractivity contribution is 6.21. The Hall–Kier alpha value is -2.95. The summed E-state index contributed by atoms with van der Waals surface area (Å²) in [6.45, 7) is 1.22. The van der Waals surface area contributed by atoms with E-state index in [0.717, 1.165) is 0 Å². The summed E-state index contributed by atoms with van der Waals surface area (Å²) in [7, 11) is 0. The smallest absolute Gasteiger partial charge is 0.328 e. The van der Waals surface area contributed by atoms with Crippen molar-refractivity contribution < 1.29 is 19.1 Å². The lowest BCUT2D eigenvalue weighted by molar-refractivity contribution is -0.166. The van der Waals surface area contributed by atoms with Crippen LogP contribution in [0.2, 0.25) is 0 Å². The molecule has 2 aromatic carbocycles. The molecule has 0 aliphatic carbocycles. The number of Topliss-reactive ketones (excluding diaryl/α,β-unsaturated/α-hetero) is 1. The second-order valence-corrected chi connectivity index (χ2v) is 5.29. The number of nitrogens with zero attached hydrogens (tertiary/aromatic N) is 1. The molecular formula is C18H15NO4. The molecular weight excluding hydrogens is 294 g/mol. The van der Waals surface area contributed by atoms with E-state index in [-0.39, 0.29) is 0 Å². The number of benzene rings is 2. The van der Waals surface area contributed by atoms with Gasteiger partial charge in [-0.2, -0.15) is 0 Å². The molecule has 3 rings (SSSR count). The van der Waals surface area contributed by atoms with Crippen molar-refractivity contribution in [1.82, 2.24) is 0 Å². The Morgan fingerprint density at radius 2 is 1.52 bits per heavy atom. The van der Waals surface area contributed by atoms with Gasteiger partial charge in [0.2, 0.25) is 6.23 Å². The largest absolute Gasteiger partial charge is 0.436 e. The van der Waals surface area contributed by atoms with Crippen LogP contribution in [0.25, 0.3) is 0 Å². The average molecular weight is 309 g/mol. The van der Waals surface area contributed by atoms with Crippen molar-refractivity contribution in [3.8, 4) is 0 Å². The predicted molar refractivity (Wildman–Crippen MR) is 83.4 cm³/mol. The second-order valence-electron chi connectivity index (χ2n) is 5.29. The van der Waals surface area contributed by atoms with Crippen LogP contribution in [0.3, 0.4) is 0 Å². The summed E-state index contributed by atoms with van der Waals surface area (Å²) in [5.74, 6) is -3.29. The number of cyclic esters (lactones) is 1. The minimum atomic E-state index is -1.41.